The molecule has 0 radical (unpaired) electrons. The van der Waals surface area contributed by atoms with E-state index in [1.54, 1.807) is 22.9 Å². The van der Waals surface area contributed by atoms with Gasteiger partial charge in [0.25, 0.3) is 5.91 Å². The predicted molar refractivity (Wildman–Crippen MR) is 142 cm³/mol. The van der Waals surface area contributed by atoms with Crippen LogP contribution in [0.25, 0.3) is 5.69 Å². The van der Waals surface area contributed by atoms with Crippen molar-refractivity contribution in [2.75, 3.05) is 49.6 Å². The molecule has 0 atom stereocenters. The summed E-state index contributed by atoms with van der Waals surface area (Å²) < 4.78 is 6.89. The van der Waals surface area contributed by atoms with Crippen LogP contribution in [0.3, 0.4) is 0 Å². The topological polar surface area (TPSA) is 106 Å². The highest BCUT2D eigenvalue weighted by Gasteiger charge is 2.34. The summed E-state index contributed by atoms with van der Waals surface area (Å²) in [6.45, 7) is 5.35. The number of carbonyl (C=O) groups excluding carboxylic acids is 1. The smallest absolute Gasteiger partial charge is 0.259 e. The zero-order chi connectivity index (χ0) is 26.0. The third kappa shape index (κ3) is 5.20. The number of ether oxygens (including phenoxy) is 1. The van der Waals surface area contributed by atoms with Crippen molar-refractivity contribution in [3.63, 3.8) is 0 Å². The number of hydroxylamine groups is 3. The fourth-order valence-corrected chi connectivity index (χ4v) is 5.37. The van der Waals surface area contributed by atoms with E-state index >= 15 is 0 Å². The summed E-state index contributed by atoms with van der Waals surface area (Å²) in [5, 5.41) is 30.9. The third-order valence-corrected chi connectivity index (χ3v) is 7.65. The van der Waals surface area contributed by atoms with E-state index in [2.05, 4.69) is 21.4 Å². The molecule has 0 unspecified atom stereocenters. The molecule has 2 aliphatic heterocycles. The fourth-order valence-electron chi connectivity index (χ4n) is 5.25. The number of nitrogens with one attached hydrogen (secondary N) is 1. The largest absolute Gasteiger partial charge is 0.632 e. The van der Waals surface area contributed by atoms with Crippen molar-refractivity contribution in [3.8, 4) is 11.8 Å². The number of nitrogens with zero attached hydrogens (tertiary/aromatic N) is 5. The van der Waals surface area contributed by atoms with Gasteiger partial charge in [-0.3, -0.25) is 4.79 Å². The maximum atomic E-state index is 13.2. The van der Waals surface area contributed by atoms with Gasteiger partial charge in [0.15, 0.2) is 0 Å². The molecular formula is C27H29ClN6O3. The van der Waals surface area contributed by atoms with Crippen LogP contribution in [0.5, 0.6) is 0 Å². The van der Waals surface area contributed by atoms with Crippen LogP contribution in [-0.4, -0.2) is 65.8 Å². The number of aromatic nitrogens is 2. The average molecular weight is 521 g/mol. The molecular weight excluding hydrogens is 492 g/mol. The first-order valence-corrected chi connectivity index (χ1v) is 12.8. The molecule has 0 bridgehead atoms. The standard InChI is InChI=1S/C27H29ClN6O3/c1-19-25(18-30-33(19)23-5-2-21(28)3-6-23)27(35)31-22-4-7-26(20(16-22)17-29)32-10-8-24(9-11-32)34(36)12-14-37-15-13-34/h2-7,16,18,24H,8-15H2,1H3,(H,31,35). The lowest BCUT2D eigenvalue weighted by molar-refractivity contribution is -0.913. The number of benzene rings is 2. The van der Waals surface area contributed by atoms with Crippen LogP contribution in [0.1, 0.15) is 34.5 Å². The molecule has 3 heterocycles. The zero-order valence-corrected chi connectivity index (χ0v) is 21.4. The molecule has 0 spiro atoms. The Morgan fingerprint density at radius 3 is 2.57 bits per heavy atom. The van der Waals surface area contributed by atoms with E-state index in [9.17, 15) is 15.3 Å². The molecule has 2 fully saturated rings. The Kier molecular flexibility index (Phi) is 7.17. The predicted octanol–water partition coefficient (Wildman–Crippen LogP) is 4.27. The highest BCUT2D eigenvalue weighted by atomic mass is 35.5. The Hall–Kier alpha value is -3.42. The minimum atomic E-state index is -0.301. The Labute approximate surface area is 221 Å². The molecule has 5 rings (SSSR count). The van der Waals surface area contributed by atoms with Crippen LogP contribution < -0.4 is 10.2 Å². The Bertz CT molecular complexity index is 1320. The minimum Gasteiger partial charge on any atom is -0.632 e. The quantitative estimate of drug-likeness (QED) is 0.398. The van der Waals surface area contributed by atoms with Crippen molar-refractivity contribution in [3.05, 3.63) is 75.7 Å². The molecule has 2 aliphatic rings. The summed E-state index contributed by atoms with van der Waals surface area (Å²) in [4.78, 5) is 15.2. The second kappa shape index (κ2) is 10.5. The number of quaternary nitrogens is 1. The van der Waals surface area contributed by atoms with Crippen LogP contribution in [-0.2, 0) is 4.74 Å². The second-order valence-corrected chi connectivity index (χ2v) is 10.00. The summed E-state index contributed by atoms with van der Waals surface area (Å²) in [5.74, 6) is -0.301. The van der Waals surface area contributed by atoms with Gasteiger partial charge in [-0.25, -0.2) is 4.68 Å². The van der Waals surface area contributed by atoms with Crippen LogP contribution in [0.4, 0.5) is 11.4 Å². The van der Waals surface area contributed by atoms with E-state index < -0.39 is 0 Å². The number of nitriles is 1. The molecule has 2 aromatic carbocycles. The molecule has 10 heteroatoms. The highest BCUT2D eigenvalue weighted by molar-refractivity contribution is 6.30. The lowest BCUT2D eigenvalue weighted by Crippen LogP contribution is -2.59. The van der Waals surface area contributed by atoms with Gasteiger partial charge >= 0.3 is 0 Å². The van der Waals surface area contributed by atoms with Crippen LogP contribution in [0, 0.1) is 23.5 Å². The molecule has 192 valence electrons. The lowest BCUT2D eigenvalue weighted by atomic mass is 10.00. The summed E-state index contributed by atoms with van der Waals surface area (Å²) in [5.41, 5.74) is 3.79. The van der Waals surface area contributed by atoms with Gasteiger partial charge in [-0.05, 0) is 49.4 Å². The number of anilines is 2. The van der Waals surface area contributed by atoms with Crippen molar-refractivity contribution in [2.24, 2.45) is 0 Å². The Morgan fingerprint density at radius 2 is 1.89 bits per heavy atom. The molecule has 37 heavy (non-hydrogen) atoms. The highest BCUT2D eigenvalue weighted by Crippen LogP contribution is 2.31. The first kappa shape index (κ1) is 25.2. The number of piperidine rings is 1. The Morgan fingerprint density at radius 1 is 1.19 bits per heavy atom. The number of morpholine rings is 1. The molecule has 3 aromatic rings. The summed E-state index contributed by atoms with van der Waals surface area (Å²) >= 11 is 5.98. The van der Waals surface area contributed by atoms with Crippen molar-refractivity contribution >= 4 is 28.9 Å². The van der Waals surface area contributed by atoms with Crippen molar-refractivity contribution in [1.29, 1.82) is 5.26 Å². The van der Waals surface area contributed by atoms with Gasteiger partial charge in [-0.1, -0.05) is 11.6 Å². The molecule has 1 N–H and O–H groups in total. The maximum absolute atomic E-state index is 13.2. The summed E-state index contributed by atoms with van der Waals surface area (Å²) in [6.07, 6.45) is 3.09. The summed E-state index contributed by atoms with van der Waals surface area (Å²) in [6, 6.07) is 14.9. The molecule has 2 saturated heterocycles. The van der Waals surface area contributed by atoms with Crippen LogP contribution in [0.15, 0.2) is 48.7 Å². The van der Waals surface area contributed by atoms with E-state index in [-0.39, 0.29) is 16.6 Å². The maximum Gasteiger partial charge on any atom is 0.259 e. The number of halogens is 1. The van der Waals surface area contributed by atoms with Crippen molar-refractivity contribution in [1.82, 2.24) is 9.78 Å². The van der Waals surface area contributed by atoms with Crippen LogP contribution in [0.2, 0.25) is 5.02 Å². The number of carbonyl (C=O) groups is 1. The van der Waals surface area contributed by atoms with Gasteiger partial charge in [-0.15, -0.1) is 0 Å². The molecule has 9 nitrogen and oxygen atoms in total. The first-order valence-electron chi connectivity index (χ1n) is 12.4. The van der Waals surface area contributed by atoms with Gasteiger partial charge in [-0.2, -0.15) is 10.4 Å². The van der Waals surface area contributed by atoms with E-state index in [0.717, 1.165) is 37.3 Å². The number of hydrogen-bond donors (Lipinski definition) is 1. The van der Waals surface area contributed by atoms with E-state index in [1.165, 1.54) is 6.20 Å². The van der Waals surface area contributed by atoms with Crippen molar-refractivity contribution in [2.45, 2.75) is 25.8 Å². The normalized spacial score (nSPS) is 17.8. The monoisotopic (exact) mass is 520 g/mol. The first-order chi connectivity index (χ1) is 17.9. The Balaban J connectivity index is 1.26. The molecule has 1 aromatic heterocycles. The second-order valence-electron chi connectivity index (χ2n) is 9.56. The number of hydrogen-bond acceptors (Lipinski definition) is 6. The van der Waals surface area contributed by atoms with Gasteiger partial charge in [0.05, 0.1) is 53.6 Å². The van der Waals surface area contributed by atoms with Crippen LogP contribution >= 0.6 is 11.6 Å². The average Bonchev–Trinajstić information content (AvgIpc) is 3.31. The van der Waals surface area contributed by atoms with Gasteiger partial charge < -0.3 is 24.8 Å². The number of amides is 1. The molecule has 1 amide bonds. The third-order valence-electron chi connectivity index (χ3n) is 7.40. The van der Waals surface area contributed by atoms with Gasteiger partial charge in [0.1, 0.15) is 19.2 Å². The summed E-state index contributed by atoms with van der Waals surface area (Å²) in [7, 11) is 0. The van der Waals surface area contributed by atoms with E-state index in [1.807, 2.05) is 31.2 Å². The van der Waals surface area contributed by atoms with Crippen molar-refractivity contribution < 1.29 is 14.2 Å². The molecule has 0 aliphatic carbocycles. The fraction of sp³-hybridized carbons (Fsp3) is 0.370. The van der Waals surface area contributed by atoms with Gasteiger partial charge in [0.2, 0.25) is 0 Å². The zero-order valence-electron chi connectivity index (χ0n) is 20.7. The van der Waals surface area contributed by atoms with E-state index in [0.29, 0.717) is 53.8 Å². The van der Waals surface area contributed by atoms with Gasteiger partial charge in [0, 0.05) is 36.6 Å². The SMILES string of the molecule is Cc1c(C(=O)Nc2ccc(N3CCC([N+]4([O-])CCOCC4)CC3)c(C#N)c2)cnn1-c1ccc(Cl)cc1. The van der Waals surface area contributed by atoms with E-state index in [4.69, 9.17) is 16.3 Å². The lowest BCUT2D eigenvalue weighted by Gasteiger charge is -2.53. The minimum absolute atomic E-state index is 0.0706. The number of rotatable bonds is 5. The molecule has 0 saturated carbocycles.